The summed E-state index contributed by atoms with van der Waals surface area (Å²) < 4.78 is 0. The van der Waals surface area contributed by atoms with E-state index in [1.807, 2.05) is 0 Å². The molecule has 6 N–H and O–H groups in total. The van der Waals surface area contributed by atoms with Gasteiger partial charge in [0.05, 0.1) is 12.5 Å². The molecule has 0 aromatic heterocycles. The molecule has 3 atom stereocenters. The number of carboxylic acids is 1. The Morgan fingerprint density at radius 2 is 1.85 bits per heavy atom. The fourth-order valence-corrected chi connectivity index (χ4v) is 2.91. The second-order valence-corrected chi connectivity index (χ2v) is 6.47. The third-order valence-electron chi connectivity index (χ3n) is 4.31. The number of carboxylic acid groups (broad SMARTS) is 1. The minimum atomic E-state index is -1.23. The van der Waals surface area contributed by atoms with Crippen LogP contribution in [0.25, 0.3) is 0 Å². The Kier molecular flexibility index (Phi) is 7.30. The highest BCUT2D eigenvalue weighted by atomic mass is 16.4. The Bertz CT molecular complexity index is 688. The highest BCUT2D eigenvalue weighted by Gasteiger charge is 2.30. The van der Waals surface area contributed by atoms with Crippen LogP contribution >= 0.6 is 0 Å². The predicted molar refractivity (Wildman–Crippen MR) is 96.5 cm³/mol. The summed E-state index contributed by atoms with van der Waals surface area (Å²) in [6, 6.07) is 5.96. The molecule has 9 nitrogen and oxygen atoms in total. The number of carbonyl (C=O) groups is 4. The zero-order chi connectivity index (χ0) is 19.8. The number of nitrogens with two attached hydrogens (primary N) is 1. The van der Waals surface area contributed by atoms with Crippen LogP contribution in [0.5, 0.6) is 0 Å². The predicted octanol–water partition coefficient (Wildman–Crippen LogP) is -1.09. The van der Waals surface area contributed by atoms with Crippen molar-refractivity contribution < 1.29 is 24.3 Å². The van der Waals surface area contributed by atoms with Crippen LogP contribution in [0.3, 0.4) is 0 Å². The van der Waals surface area contributed by atoms with Crippen LogP contribution < -0.4 is 21.7 Å². The molecular weight excluding hydrogens is 352 g/mol. The van der Waals surface area contributed by atoms with Crippen molar-refractivity contribution in [2.45, 2.75) is 43.8 Å². The minimum absolute atomic E-state index is 0.0727. The maximum Gasteiger partial charge on any atom is 0.326 e. The first kappa shape index (κ1) is 20.4. The number of primary amides is 1. The molecule has 1 heterocycles. The van der Waals surface area contributed by atoms with Gasteiger partial charge in [-0.1, -0.05) is 30.3 Å². The van der Waals surface area contributed by atoms with Gasteiger partial charge in [0.25, 0.3) is 0 Å². The maximum absolute atomic E-state index is 12.5. The monoisotopic (exact) mass is 376 g/mol. The van der Waals surface area contributed by atoms with E-state index in [0.717, 1.165) is 12.0 Å². The summed E-state index contributed by atoms with van der Waals surface area (Å²) >= 11 is 0. The average molecular weight is 376 g/mol. The number of hydrogen-bond donors (Lipinski definition) is 5. The number of nitrogens with one attached hydrogen (secondary N) is 3. The Morgan fingerprint density at radius 1 is 1.15 bits per heavy atom. The molecular formula is C18H24N4O5. The molecule has 0 aliphatic carbocycles. The molecule has 9 heteroatoms. The zero-order valence-corrected chi connectivity index (χ0v) is 14.8. The molecule has 2 rings (SSSR count). The lowest BCUT2D eigenvalue weighted by atomic mass is 10.0. The van der Waals surface area contributed by atoms with Crippen molar-refractivity contribution in [3.63, 3.8) is 0 Å². The first-order chi connectivity index (χ1) is 12.9. The molecule has 1 saturated heterocycles. The Balaban J connectivity index is 2.04. The normalized spacial score (nSPS) is 18.3. The van der Waals surface area contributed by atoms with E-state index in [0.29, 0.717) is 13.0 Å². The molecule has 1 aliphatic rings. The van der Waals surface area contributed by atoms with Gasteiger partial charge in [-0.05, 0) is 24.9 Å². The van der Waals surface area contributed by atoms with E-state index in [9.17, 15) is 24.3 Å². The highest BCUT2D eigenvalue weighted by Crippen LogP contribution is 2.07. The maximum atomic E-state index is 12.5. The molecule has 1 aliphatic heterocycles. The van der Waals surface area contributed by atoms with E-state index in [2.05, 4.69) is 16.0 Å². The van der Waals surface area contributed by atoms with E-state index in [-0.39, 0.29) is 6.42 Å². The van der Waals surface area contributed by atoms with Crippen LogP contribution in [0, 0.1) is 0 Å². The van der Waals surface area contributed by atoms with Gasteiger partial charge in [0.1, 0.15) is 12.1 Å². The van der Waals surface area contributed by atoms with Crippen molar-refractivity contribution in [1.82, 2.24) is 16.0 Å². The summed E-state index contributed by atoms with van der Waals surface area (Å²) in [7, 11) is 0. The van der Waals surface area contributed by atoms with Crippen LogP contribution in [0.4, 0.5) is 0 Å². The lowest BCUT2D eigenvalue weighted by molar-refractivity contribution is -0.142. The van der Waals surface area contributed by atoms with E-state index in [1.54, 1.807) is 30.3 Å². The van der Waals surface area contributed by atoms with Crippen molar-refractivity contribution in [3.8, 4) is 0 Å². The summed E-state index contributed by atoms with van der Waals surface area (Å²) in [6.07, 6.45) is 1.12. The zero-order valence-electron chi connectivity index (χ0n) is 14.8. The topological polar surface area (TPSA) is 151 Å². The van der Waals surface area contributed by atoms with Crippen molar-refractivity contribution in [3.05, 3.63) is 35.9 Å². The van der Waals surface area contributed by atoms with Crippen LogP contribution in [0.15, 0.2) is 30.3 Å². The molecule has 146 valence electrons. The van der Waals surface area contributed by atoms with Gasteiger partial charge < -0.3 is 26.8 Å². The summed E-state index contributed by atoms with van der Waals surface area (Å²) in [4.78, 5) is 47.5. The molecule has 27 heavy (non-hydrogen) atoms. The summed E-state index contributed by atoms with van der Waals surface area (Å²) in [5.41, 5.74) is 5.90. The summed E-state index contributed by atoms with van der Waals surface area (Å²) in [5.74, 6) is -3.16. The number of hydrogen-bond acceptors (Lipinski definition) is 5. The Labute approximate surface area is 156 Å². The lowest BCUT2D eigenvalue weighted by Gasteiger charge is -2.22. The number of rotatable bonds is 9. The van der Waals surface area contributed by atoms with Crippen LogP contribution in [0.2, 0.25) is 0 Å². The second kappa shape index (κ2) is 9.67. The van der Waals surface area contributed by atoms with Gasteiger partial charge in [0.15, 0.2) is 0 Å². The van der Waals surface area contributed by atoms with E-state index in [4.69, 9.17) is 5.73 Å². The molecule has 0 bridgehead atoms. The van der Waals surface area contributed by atoms with Crippen LogP contribution in [-0.4, -0.2) is 53.5 Å². The third-order valence-corrected chi connectivity index (χ3v) is 4.31. The molecule has 1 aromatic rings. The quantitative estimate of drug-likeness (QED) is 0.369. The number of amides is 3. The van der Waals surface area contributed by atoms with Crippen LogP contribution in [-0.2, 0) is 25.6 Å². The Hall–Kier alpha value is -2.94. The number of aliphatic carboxylic acids is 1. The molecule has 1 aromatic carbocycles. The highest BCUT2D eigenvalue weighted by molar-refractivity contribution is 5.94. The molecule has 0 radical (unpaired) electrons. The summed E-state index contributed by atoms with van der Waals surface area (Å²) in [6.45, 7) is 0.697. The Morgan fingerprint density at radius 3 is 2.41 bits per heavy atom. The fourth-order valence-electron chi connectivity index (χ4n) is 2.91. The van der Waals surface area contributed by atoms with Crippen molar-refractivity contribution in [1.29, 1.82) is 0 Å². The summed E-state index contributed by atoms with van der Waals surface area (Å²) in [5, 5.41) is 17.3. The van der Waals surface area contributed by atoms with Crippen molar-refractivity contribution >= 4 is 23.7 Å². The van der Waals surface area contributed by atoms with Gasteiger partial charge in [-0.25, -0.2) is 4.79 Å². The fraction of sp³-hybridized carbons (Fsp3) is 0.444. The smallest absolute Gasteiger partial charge is 0.326 e. The third kappa shape index (κ3) is 6.37. The molecule has 3 amide bonds. The number of benzene rings is 1. The second-order valence-electron chi connectivity index (χ2n) is 6.47. The van der Waals surface area contributed by atoms with Crippen LogP contribution in [0.1, 0.15) is 24.8 Å². The van der Waals surface area contributed by atoms with E-state index >= 15 is 0 Å². The van der Waals surface area contributed by atoms with Gasteiger partial charge in [0, 0.05) is 6.42 Å². The first-order valence-electron chi connectivity index (χ1n) is 8.76. The van der Waals surface area contributed by atoms with Gasteiger partial charge in [0.2, 0.25) is 17.7 Å². The average Bonchev–Trinajstić information content (AvgIpc) is 3.15. The number of carbonyl (C=O) groups excluding carboxylic acids is 3. The van der Waals surface area contributed by atoms with Gasteiger partial charge in [-0.15, -0.1) is 0 Å². The molecule has 1 fully saturated rings. The van der Waals surface area contributed by atoms with Gasteiger partial charge in [-0.2, -0.15) is 0 Å². The van der Waals surface area contributed by atoms with Gasteiger partial charge in [-0.3, -0.25) is 14.4 Å². The first-order valence-corrected chi connectivity index (χ1v) is 8.76. The molecule has 0 unspecified atom stereocenters. The van der Waals surface area contributed by atoms with E-state index in [1.165, 1.54) is 0 Å². The minimum Gasteiger partial charge on any atom is -0.480 e. The largest absolute Gasteiger partial charge is 0.480 e. The lowest BCUT2D eigenvalue weighted by Crippen LogP contribution is -2.55. The van der Waals surface area contributed by atoms with E-state index < -0.39 is 48.2 Å². The van der Waals surface area contributed by atoms with Crippen molar-refractivity contribution in [2.24, 2.45) is 5.73 Å². The SMILES string of the molecule is NC(=O)C[C@H](NC(=O)[C@@H]1CCCN1)C(=O)N[C@@H](Cc1ccccc1)C(=O)O. The van der Waals surface area contributed by atoms with Crippen molar-refractivity contribution in [2.75, 3.05) is 6.54 Å². The standard InChI is InChI=1S/C18H24N4O5/c19-15(23)10-13(21-16(24)12-7-4-8-20-12)17(25)22-14(18(26)27)9-11-5-2-1-3-6-11/h1-3,5-6,12-14,20H,4,7-10H2,(H2,19,23)(H,21,24)(H,22,25)(H,26,27)/t12-,13-,14-/m0/s1. The molecule has 0 saturated carbocycles. The molecule has 0 spiro atoms. The van der Waals surface area contributed by atoms with Gasteiger partial charge >= 0.3 is 5.97 Å².